The third kappa shape index (κ3) is 7.57. The van der Waals surface area contributed by atoms with Crippen LogP contribution in [0.3, 0.4) is 0 Å². The van der Waals surface area contributed by atoms with Crippen molar-refractivity contribution in [2.24, 2.45) is 21.7 Å². The Bertz CT molecular complexity index is 1390. The van der Waals surface area contributed by atoms with Gasteiger partial charge in [0, 0.05) is 0 Å². The number of hydrogen-bond acceptors (Lipinski definition) is 3. The first-order chi connectivity index (χ1) is 19.9. The van der Waals surface area contributed by atoms with Crippen LogP contribution >= 0.6 is 0 Å². The Kier molecular flexibility index (Phi) is 9.01. The fraction of sp³-hybridized carbons (Fsp3) is 0.514. The van der Waals surface area contributed by atoms with Gasteiger partial charge in [-0.1, -0.05) is 71.9 Å². The normalized spacial score (nSPS) is 22.3. The van der Waals surface area contributed by atoms with Gasteiger partial charge < -0.3 is 10.0 Å². The molecule has 2 aromatic carbocycles. The SMILES string of the molecule is CC(C)(C)CC[C@H](c1ccc(C(=O)O)cc1)N1C(=O)C(C=Cc2cccc(C(F)(F)F)c2)=NC12CCC(C(C)(C)C)CC2. The molecule has 232 valence electrons. The maximum atomic E-state index is 14.3. The van der Waals surface area contributed by atoms with Gasteiger partial charge >= 0.3 is 12.1 Å². The number of nitrogens with zero attached hydrogens (tertiary/aromatic N) is 2. The van der Waals surface area contributed by atoms with Crippen LogP contribution in [-0.2, 0) is 11.0 Å². The lowest BCUT2D eigenvalue weighted by atomic mass is 9.69. The molecule has 5 nitrogen and oxygen atoms in total. The molecule has 8 heteroatoms. The van der Waals surface area contributed by atoms with Gasteiger partial charge in [-0.15, -0.1) is 0 Å². The molecule has 1 atom stereocenters. The van der Waals surface area contributed by atoms with Crippen LogP contribution in [0.2, 0.25) is 0 Å². The predicted molar refractivity (Wildman–Crippen MR) is 164 cm³/mol. The van der Waals surface area contributed by atoms with Gasteiger partial charge in [0.25, 0.3) is 5.91 Å². The summed E-state index contributed by atoms with van der Waals surface area (Å²) in [5.74, 6) is -0.797. The van der Waals surface area contributed by atoms with E-state index >= 15 is 0 Å². The standard InChI is InChI=1S/C35H43F3N2O3/c1-32(2,3)19-18-29(24-11-13-25(14-12-24)31(42)43)40-30(41)28(15-10-23-8-7-9-27(22-23)35(36,37)38)39-34(40)20-16-26(17-21-34)33(4,5)6/h7-15,22,26,29H,16-21H2,1-6H3,(H,42,43)/t26?,29-,34?/m1/s1. The molecule has 1 fully saturated rings. The van der Waals surface area contributed by atoms with Crippen molar-refractivity contribution in [3.05, 3.63) is 76.9 Å². The van der Waals surface area contributed by atoms with E-state index in [9.17, 15) is 27.9 Å². The van der Waals surface area contributed by atoms with Crippen LogP contribution in [0, 0.1) is 16.7 Å². The second kappa shape index (κ2) is 11.9. The number of benzene rings is 2. The summed E-state index contributed by atoms with van der Waals surface area (Å²) in [6.07, 6.45) is 3.23. The number of carboxylic acid groups (broad SMARTS) is 1. The number of amides is 1. The van der Waals surface area contributed by atoms with Crippen molar-refractivity contribution in [1.82, 2.24) is 4.90 Å². The van der Waals surface area contributed by atoms with Crippen LogP contribution in [0.15, 0.2) is 59.6 Å². The van der Waals surface area contributed by atoms with Crippen molar-refractivity contribution < 1.29 is 27.9 Å². The zero-order chi connectivity index (χ0) is 31.8. The molecule has 1 aliphatic carbocycles. The monoisotopic (exact) mass is 596 g/mol. The number of carbonyl (C=O) groups excluding carboxylic acids is 1. The van der Waals surface area contributed by atoms with Gasteiger partial charge in [-0.05, 0) is 96.7 Å². The highest BCUT2D eigenvalue weighted by atomic mass is 19.4. The molecule has 0 radical (unpaired) electrons. The van der Waals surface area contributed by atoms with Gasteiger partial charge in [0.2, 0.25) is 0 Å². The first-order valence-corrected chi connectivity index (χ1v) is 15.0. The van der Waals surface area contributed by atoms with E-state index in [-0.39, 0.29) is 34.1 Å². The van der Waals surface area contributed by atoms with Crippen LogP contribution in [0.4, 0.5) is 13.2 Å². The molecule has 2 aliphatic rings. The molecule has 0 bridgehead atoms. The molecular weight excluding hydrogens is 553 g/mol. The van der Waals surface area contributed by atoms with Gasteiger partial charge in [-0.3, -0.25) is 9.79 Å². The zero-order valence-corrected chi connectivity index (χ0v) is 26.0. The molecule has 0 unspecified atom stereocenters. The molecule has 1 saturated carbocycles. The molecule has 43 heavy (non-hydrogen) atoms. The summed E-state index contributed by atoms with van der Waals surface area (Å²) in [7, 11) is 0. The third-order valence-corrected chi connectivity index (χ3v) is 8.90. The predicted octanol–water partition coefficient (Wildman–Crippen LogP) is 9.20. The lowest BCUT2D eigenvalue weighted by Gasteiger charge is -2.47. The molecule has 1 spiro atoms. The van der Waals surface area contributed by atoms with Crippen molar-refractivity contribution >= 4 is 23.7 Å². The number of halogens is 3. The smallest absolute Gasteiger partial charge is 0.416 e. The molecule has 0 aromatic heterocycles. The van der Waals surface area contributed by atoms with Crippen molar-refractivity contribution in [3.63, 3.8) is 0 Å². The molecular formula is C35H43F3N2O3. The largest absolute Gasteiger partial charge is 0.478 e. The van der Waals surface area contributed by atoms with Crippen molar-refractivity contribution in [2.75, 3.05) is 0 Å². The van der Waals surface area contributed by atoms with Gasteiger partial charge in [0.1, 0.15) is 11.4 Å². The lowest BCUT2D eigenvalue weighted by Crippen LogP contribution is -2.51. The zero-order valence-electron chi connectivity index (χ0n) is 26.0. The number of hydrogen-bond donors (Lipinski definition) is 1. The second-order valence-corrected chi connectivity index (χ2v) is 14.3. The molecule has 0 saturated heterocycles. The van der Waals surface area contributed by atoms with Gasteiger partial charge in [-0.2, -0.15) is 13.2 Å². The fourth-order valence-corrected chi connectivity index (χ4v) is 6.33. The molecule has 1 amide bonds. The first kappa shape index (κ1) is 32.5. The van der Waals surface area contributed by atoms with E-state index in [1.165, 1.54) is 12.1 Å². The quantitative estimate of drug-likeness (QED) is 0.346. The minimum absolute atomic E-state index is 0.00776. The molecule has 1 N–H and O–H groups in total. The average Bonchev–Trinajstić information content (AvgIpc) is 3.17. The highest BCUT2D eigenvalue weighted by Gasteiger charge is 2.52. The number of alkyl halides is 3. The minimum Gasteiger partial charge on any atom is -0.478 e. The van der Waals surface area contributed by atoms with E-state index in [2.05, 4.69) is 41.5 Å². The average molecular weight is 597 g/mol. The van der Waals surface area contributed by atoms with Crippen LogP contribution in [0.25, 0.3) is 6.08 Å². The van der Waals surface area contributed by atoms with Crippen molar-refractivity contribution in [1.29, 1.82) is 0 Å². The summed E-state index contributed by atoms with van der Waals surface area (Å²) < 4.78 is 39.9. The van der Waals surface area contributed by atoms with E-state index in [4.69, 9.17) is 4.99 Å². The minimum atomic E-state index is -4.46. The Balaban J connectivity index is 1.76. The lowest BCUT2D eigenvalue weighted by molar-refractivity contribution is -0.137. The summed E-state index contributed by atoms with van der Waals surface area (Å²) in [5, 5.41) is 9.46. The Hall–Kier alpha value is -3.42. The Morgan fingerprint density at radius 2 is 1.65 bits per heavy atom. The highest BCUT2D eigenvalue weighted by molar-refractivity contribution is 6.45. The van der Waals surface area contributed by atoms with E-state index < -0.39 is 23.4 Å². The number of rotatable bonds is 7. The first-order valence-electron chi connectivity index (χ1n) is 15.0. The van der Waals surface area contributed by atoms with Crippen LogP contribution in [-0.4, -0.2) is 33.3 Å². The van der Waals surface area contributed by atoms with E-state index in [1.54, 1.807) is 36.4 Å². The topological polar surface area (TPSA) is 70.0 Å². The maximum Gasteiger partial charge on any atom is 0.416 e. The van der Waals surface area contributed by atoms with Crippen LogP contribution in [0.5, 0.6) is 0 Å². The maximum absolute atomic E-state index is 14.3. The number of carboxylic acids is 1. The summed E-state index contributed by atoms with van der Waals surface area (Å²) in [4.78, 5) is 32.8. The Morgan fingerprint density at radius 1 is 1.02 bits per heavy atom. The van der Waals surface area contributed by atoms with Gasteiger partial charge in [0.15, 0.2) is 0 Å². The fourth-order valence-electron chi connectivity index (χ4n) is 6.33. The van der Waals surface area contributed by atoms with Crippen LogP contribution in [0.1, 0.15) is 113 Å². The van der Waals surface area contributed by atoms with E-state index in [0.717, 1.165) is 37.0 Å². The van der Waals surface area contributed by atoms with Gasteiger partial charge in [0.05, 0.1) is 17.2 Å². The highest BCUT2D eigenvalue weighted by Crippen LogP contribution is 2.50. The number of aliphatic imine (C=N–C) groups is 1. The Labute approximate surface area is 252 Å². The molecule has 2 aromatic rings. The van der Waals surface area contributed by atoms with Crippen molar-refractivity contribution in [3.8, 4) is 0 Å². The summed E-state index contributed by atoms with van der Waals surface area (Å²) in [6.45, 7) is 13.1. The van der Waals surface area contributed by atoms with Crippen molar-refractivity contribution in [2.45, 2.75) is 97.9 Å². The number of aromatic carboxylic acids is 1. The summed E-state index contributed by atoms with van der Waals surface area (Å²) in [5.41, 5.74) is 0.165. The summed E-state index contributed by atoms with van der Waals surface area (Å²) >= 11 is 0. The molecule has 4 rings (SSSR count). The van der Waals surface area contributed by atoms with E-state index in [1.807, 2.05) is 4.90 Å². The molecule has 1 heterocycles. The van der Waals surface area contributed by atoms with E-state index in [0.29, 0.717) is 30.7 Å². The van der Waals surface area contributed by atoms with Gasteiger partial charge in [-0.25, -0.2) is 4.79 Å². The second-order valence-electron chi connectivity index (χ2n) is 14.3. The molecule has 1 aliphatic heterocycles. The number of carbonyl (C=O) groups is 2. The Morgan fingerprint density at radius 3 is 2.19 bits per heavy atom. The summed E-state index contributed by atoms with van der Waals surface area (Å²) in [6, 6.07) is 11.4. The van der Waals surface area contributed by atoms with Crippen LogP contribution < -0.4 is 0 Å². The third-order valence-electron chi connectivity index (χ3n) is 8.90.